The summed E-state index contributed by atoms with van der Waals surface area (Å²) in [5.41, 5.74) is -1.15. The zero-order chi connectivity index (χ0) is 14.3. The second kappa shape index (κ2) is 7.24. The Morgan fingerprint density at radius 3 is 2.00 bits per heavy atom. The van der Waals surface area contributed by atoms with Gasteiger partial charge in [0, 0.05) is 12.6 Å². The zero-order valence-corrected chi connectivity index (χ0v) is 12.1. The van der Waals surface area contributed by atoms with E-state index in [2.05, 4.69) is 5.32 Å². The monoisotopic (exact) mass is 258 g/mol. The summed E-state index contributed by atoms with van der Waals surface area (Å²) >= 11 is 0. The highest BCUT2D eigenvalue weighted by Crippen LogP contribution is 2.17. The van der Waals surface area contributed by atoms with Gasteiger partial charge in [0.2, 0.25) is 0 Å². The van der Waals surface area contributed by atoms with Crippen LogP contribution in [0.5, 0.6) is 0 Å². The third kappa shape index (κ3) is 3.62. The van der Waals surface area contributed by atoms with Gasteiger partial charge >= 0.3 is 12.0 Å². The Morgan fingerprint density at radius 1 is 1.22 bits per heavy atom. The zero-order valence-electron chi connectivity index (χ0n) is 12.1. The third-order valence-electron chi connectivity index (χ3n) is 3.69. The minimum Gasteiger partial charge on any atom is -0.480 e. The second-order valence-corrected chi connectivity index (χ2v) is 4.57. The molecule has 0 aromatic heterocycles. The number of nitrogens with one attached hydrogen (secondary N) is 1. The van der Waals surface area contributed by atoms with Crippen molar-refractivity contribution in [3.63, 3.8) is 0 Å². The molecule has 5 heteroatoms. The maximum absolute atomic E-state index is 12.2. The lowest BCUT2D eigenvalue weighted by Gasteiger charge is -2.34. The number of carboxylic acids is 1. The number of aliphatic carboxylic acids is 1. The molecule has 0 bridgehead atoms. The number of carbonyl (C=O) groups excluding carboxylic acids is 1. The van der Waals surface area contributed by atoms with Crippen LogP contribution in [0, 0.1) is 0 Å². The summed E-state index contributed by atoms with van der Waals surface area (Å²) in [6.07, 6.45) is 1.60. The van der Waals surface area contributed by atoms with Gasteiger partial charge in [-0.05, 0) is 33.1 Å². The Bertz CT molecular complexity index is 288. The molecule has 0 saturated heterocycles. The molecule has 0 saturated carbocycles. The molecule has 0 aliphatic carbocycles. The average Bonchev–Trinajstić information content (AvgIpc) is 2.36. The molecule has 106 valence electrons. The van der Waals surface area contributed by atoms with Crippen molar-refractivity contribution in [2.45, 2.75) is 65.5 Å². The van der Waals surface area contributed by atoms with Gasteiger partial charge in [0.15, 0.2) is 0 Å². The first kappa shape index (κ1) is 16.7. The molecule has 0 heterocycles. The van der Waals surface area contributed by atoms with Crippen molar-refractivity contribution in [3.05, 3.63) is 0 Å². The largest absolute Gasteiger partial charge is 0.480 e. The number of carbonyl (C=O) groups is 2. The van der Waals surface area contributed by atoms with E-state index in [1.165, 1.54) is 0 Å². The maximum Gasteiger partial charge on any atom is 0.329 e. The first-order valence-electron chi connectivity index (χ1n) is 6.70. The molecule has 0 aromatic carbocycles. The number of urea groups is 1. The van der Waals surface area contributed by atoms with Gasteiger partial charge in [-0.1, -0.05) is 20.8 Å². The average molecular weight is 258 g/mol. The summed E-state index contributed by atoms with van der Waals surface area (Å²) in [5, 5.41) is 12.0. The highest BCUT2D eigenvalue weighted by molar-refractivity contribution is 5.86. The van der Waals surface area contributed by atoms with Gasteiger partial charge < -0.3 is 15.3 Å². The lowest BCUT2D eigenvalue weighted by atomic mass is 9.93. The van der Waals surface area contributed by atoms with Crippen LogP contribution in [-0.2, 0) is 4.79 Å². The van der Waals surface area contributed by atoms with Crippen LogP contribution in [0.25, 0.3) is 0 Å². The van der Waals surface area contributed by atoms with E-state index < -0.39 is 11.5 Å². The molecule has 1 atom stereocenters. The predicted molar refractivity (Wildman–Crippen MR) is 71.6 cm³/mol. The topological polar surface area (TPSA) is 69.6 Å². The summed E-state index contributed by atoms with van der Waals surface area (Å²) in [7, 11) is 0. The van der Waals surface area contributed by atoms with Gasteiger partial charge in [0.05, 0.1) is 0 Å². The fourth-order valence-electron chi connectivity index (χ4n) is 1.94. The number of hydrogen-bond donors (Lipinski definition) is 2. The lowest BCUT2D eigenvalue weighted by Crippen LogP contribution is -2.58. The van der Waals surface area contributed by atoms with Gasteiger partial charge in [-0.3, -0.25) is 0 Å². The number of nitrogens with zero attached hydrogens (tertiary/aromatic N) is 1. The van der Waals surface area contributed by atoms with E-state index in [4.69, 9.17) is 0 Å². The first-order valence-corrected chi connectivity index (χ1v) is 6.70. The number of rotatable bonds is 7. The summed E-state index contributed by atoms with van der Waals surface area (Å²) < 4.78 is 0. The van der Waals surface area contributed by atoms with Crippen LogP contribution in [0.2, 0.25) is 0 Å². The molecule has 1 unspecified atom stereocenters. The van der Waals surface area contributed by atoms with Gasteiger partial charge in [0.1, 0.15) is 5.54 Å². The smallest absolute Gasteiger partial charge is 0.329 e. The Morgan fingerprint density at radius 2 is 1.72 bits per heavy atom. The van der Waals surface area contributed by atoms with Crippen LogP contribution >= 0.6 is 0 Å². The standard InChI is InChI=1S/C13H26N2O3/c1-6-10(5)15(9-4)12(18)14-13(7-2,8-3)11(16)17/h10H,6-9H2,1-5H3,(H,14,18)(H,16,17). The van der Waals surface area contributed by atoms with Crippen molar-refractivity contribution in [1.29, 1.82) is 0 Å². The molecule has 0 aliphatic rings. The lowest BCUT2D eigenvalue weighted by molar-refractivity contribution is -0.144. The van der Waals surface area contributed by atoms with Gasteiger partial charge in [-0.15, -0.1) is 0 Å². The van der Waals surface area contributed by atoms with Crippen molar-refractivity contribution in [3.8, 4) is 0 Å². The molecule has 0 fully saturated rings. The van der Waals surface area contributed by atoms with Crippen LogP contribution in [-0.4, -0.2) is 40.1 Å². The SMILES string of the molecule is CCC(C)N(CC)C(=O)NC(CC)(CC)C(=O)O. The van der Waals surface area contributed by atoms with E-state index in [-0.39, 0.29) is 12.1 Å². The van der Waals surface area contributed by atoms with E-state index in [9.17, 15) is 14.7 Å². The Balaban J connectivity index is 4.94. The molecular weight excluding hydrogens is 232 g/mol. The van der Waals surface area contributed by atoms with Crippen LogP contribution in [0.15, 0.2) is 0 Å². The van der Waals surface area contributed by atoms with Crippen molar-refractivity contribution in [1.82, 2.24) is 10.2 Å². The van der Waals surface area contributed by atoms with E-state index in [0.717, 1.165) is 6.42 Å². The summed E-state index contributed by atoms with van der Waals surface area (Å²) in [5.74, 6) is -0.971. The first-order chi connectivity index (χ1) is 8.38. The predicted octanol–water partition coefficient (Wildman–Crippen LogP) is 2.46. The molecule has 5 nitrogen and oxygen atoms in total. The van der Waals surface area contributed by atoms with Crippen molar-refractivity contribution in [2.75, 3.05) is 6.54 Å². The Labute approximate surface area is 110 Å². The van der Waals surface area contributed by atoms with Gasteiger partial charge in [-0.2, -0.15) is 0 Å². The Kier molecular flexibility index (Phi) is 6.73. The van der Waals surface area contributed by atoms with E-state index in [0.29, 0.717) is 19.4 Å². The minimum atomic E-state index is -1.15. The minimum absolute atomic E-state index is 0.107. The third-order valence-corrected chi connectivity index (χ3v) is 3.69. The van der Waals surface area contributed by atoms with Gasteiger partial charge in [-0.25, -0.2) is 9.59 Å². The summed E-state index contributed by atoms with van der Waals surface area (Å²) in [6, 6.07) is -0.187. The summed E-state index contributed by atoms with van der Waals surface area (Å²) in [4.78, 5) is 25.2. The van der Waals surface area contributed by atoms with Crippen LogP contribution in [0.3, 0.4) is 0 Å². The van der Waals surface area contributed by atoms with Crippen LogP contribution in [0.4, 0.5) is 4.79 Å². The second-order valence-electron chi connectivity index (χ2n) is 4.57. The molecule has 0 radical (unpaired) electrons. The molecule has 18 heavy (non-hydrogen) atoms. The molecule has 0 spiro atoms. The maximum atomic E-state index is 12.2. The van der Waals surface area contributed by atoms with E-state index >= 15 is 0 Å². The molecule has 2 amide bonds. The summed E-state index contributed by atoms with van der Waals surface area (Å²) in [6.45, 7) is 9.99. The van der Waals surface area contributed by atoms with Crippen LogP contribution < -0.4 is 5.32 Å². The molecule has 0 aromatic rings. The van der Waals surface area contributed by atoms with Crippen LogP contribution in [0.1, 0.15) is 53.9 Å². The number of amides is 2. The fraction of sp³-hybridized carbons (Fsp3) is 0.846. The quantitative estimate of drug-likeness (QED) is 0.737. The normalized spacial score (nSPS) is 12.9. The molecule has 0 aliphatic heterocycles. The number of hydrogen-bond acceptors (Lipinski definition) is 2. The molecule has 0 rings (SSSR count). The molecule has 2 N–H and O–H groups in total. The Hall–Kier alpha value is -1.26. The number of carboxylic acid groups (broad SMARTS) is 1. The van der Waals surface area contributed by atoms with E-state index in [1.54, 1.807) is 18.7 Å². The van der Waals surface area contributed by atoms with Crippen molar-refractivity contribution in [2.24, 2.45) is 0 Å². The highest BCUT2D eigenvalue weighted by atomic mass is 16.4. The molecular formula is C13H26N2O3. The van der Waals surface area contributed by atoms with Gasteiger partial charge in [0.25, 0.3) is 0 Å². The van der Waals surface area contributed by atoms with Crippen molar-refractivity contribution >= 4 is 12.0 Å². The van der Waals surface area contributed by atoms with Crippen molar-refractivity contribution < 1.29 is 14.7 Å². The highest BCUT2D eigenvalue weighted by Gasteiger charge is 2.37. The van der Waals surface area contributed by atoms with E-state index in [1.807, 2.05) is 20.8 Å². The fourth-order valence-corrected chi connectivity index (χ4v) is 1.94.